The molecule has 0 unspecified atom stereocenters. The zero-order valence-corrected chi connectivity index (χ0v) is 11.0. The Morgan fingerprint density at radius 3 is 2.89 bits per heavy atom. The minimum atomic E-state index is 0.535. The van der Waals surface area contributed by atoms with E-state index < -0.39 is 0 Å². The molecule has 92 valence electrons. The number of hydrogen-bond acceptors (Lipinski definition) is 5. The van der Waals surface area contributed by atoms with Gasteiger partial charge in [-0.25, -0.2) is 14.6 Å². The van der Waals surface area contributed by atoms with Crippen molar-refractivity contribution < 1.29 is 0 Å². The SMILES string of the molecule is CCc1cc2c(-n3cc(C)c(N)n3)ncnc2s1. The average molecular weight is 259 g/mol. The fourth-order valence-electron chi connectivity index (χ4n) is 1.83. The van der Waals surface area contributed by atoms with Gasteiger partial charge in [-0.3, -0.25) is 0 Å². The normalized spacial score (nSPS) is 11.2. The first kappa shape index (κ1) is 11.2. The zero-order valence-electron chi connectivity index (χ0n) is 10.2. The summed E-state index contributed by atoms with van der Waals surface area (Å²) >= 11 is 1.69. The molecular formula is C12H13N5S. The number of anilines is 1. The Hall–Kier alpha value is -1.95. The quantitative estimate of drug-likeness (QED) is 0.766. The molecule has 3 heterocycles. The molecule has 0 bridgehead atoms. The third-order valence-electron chi connectivity index (χ3n) is 2.86. The lowest BCUT2D eigenvalue weighted by Gasteiger charge is -2.00. The van der Waals surface area contributed by atoms with E-state index >= 15 is 0 Å². The van der Waals surface area contributed by atoms with Gasteiger partial charge in [0.15, 0.2) is 5.82 Å². The Bertz CT molecular complexity index is 693. The zero-order chi connectivity index (χ0) is 12.7. The molecule has 0 aliphatic carbocycles. The van der Waals surface area contributed by atoms with Crippen LogP contribution in [0.1, 0.15) is 17.4 Å². The molecule has 0 aliphatic rings. The van der Waals surface area contributed by atoms with E-state index in [4.69, 9.17) is 5.73 Å². The van der Waals surface area contributed by atoms with Crippen LogP contribution in [-0.4, -0.2) is 19.7 Å². The van der Waals surface area contributed by atoms with Gasteiger partial charge in [0, 0.05) is 16.6 Å². The fraction of sp³-hybridized carbons (Fsp3) is 0.250. The molecule has 3 aromatic heterocycles. The van der Waals surface area contributed by atoms with Crippen LogP contribution in [0.4, 0.5) is 5.82 Å². The summed E-state index contributed by atoms with van der Waals surface area (Å²) in [5.74, 6) is 1.32. The molecule has 0 saturated carbocycles. The largest absolute Gasteiger partial charge is 0.382 e. The Morgan fingerprint density at radius 1 is 1.39 bits per heavy atom. The summed E-state index contributed by atoms with van der Waals surface area (Å²) in [4.78, 5) is 10.9. The highest BCUT2D eigenvalue weighted by molar-refractivity contribution is 7.18. The van der Waals surface area contributed by atoms with Crippen LogP contribution in [0, 0.1) is 6.92 Å². The third kappa shape index (κ3) is 1.65. The van der Waals surface area contributed by atoms with Crippen LogP contribution in [0.15, 0.2) is 18.6 Å². The highest BCUT2D eigenvalue weighted by Crippen LogP contribution is 2.27. The first-order valence-electron chi connectivity index (χ1n) is 5.74. The summed E-state index contributed by atoms with van der Waals surface area (Å²) in [6.45, 7) is 4.07. The van der Waals surface area contributed by atoms with E-state index in [-0.39, 0.29) is 0 Å². The van der Waals surface area contributed by atoms with E-state index in [1.54, 1.807) is 22.3 Å². The van der Waals surface area contributed by atoms with E-state index in [2.05, 4.69) is 28.1 Å². The lowest BCUT2D eigenvalue weighted by atomic mass is 10.3. The Balaban J connectivity index is 2.25. The topological polar surface area (TPSA) is 69.6 Å². The van der Waals surface area contributed by atoms with E-state index in [0.717, 1.165) is 28.0 Å². The number of nitrogens with zero attached hydrogens (tertiary/aromatic N) is 4. The second-order valence-electron chi connectivity index (χ2n) is 4.12. The monoisotopic (exact) mass is 259 g/mol. The van der Waals surface area contributed by atoms with Crippen LogP contribution in [0.25, 0.3) is 16.0 Å². The molecule has 5 nitrogen and oxygen atoms in total. The van der Waals surface area contributed by atoms with Gasteiger partial charge < -0.3 is 5.73 Å². The van der Waals surface area contributed by atoms with Gasteiger partial charge in [-0.15, -0.1) is 16.4 Å². The van der Waals surface area contributed by atoms with Crippen LogP contribution < -0.4 is 5.73 Å². The predicted octanol–water partition coefficient (Wildman–Crippen LogP) is 2.33. The van der Waals surface area contributed by atoms with Crippen molar-refractivity contribution in [2.24, 2.45) is 0 Å². The number of nitrogen functional groups attached to an aromatic ring is 1. The molecule has 0 atom stereocenters. The standard InChI is InChI=1S/C12H13N5S/c1-3-8-4-9-11(14-6-15-12(9)18-8)17-5-7(2)10(13)16-17/h4-6H,3H2,1-2H3,(H2,13,16). The van der Waals surface area contributed by atoms with Crippen LogP contribution >= 0.6 is 11.3 Å². The second kappa shape index (κ2) is 4.06. The molecule has 0 radical (unpaired) electrons. The second-order valence-corrected chi connectivity index (χ2v) is 5.24. The maximum absolute atomic E-state index is 5.78. The van der Waals surface area contributed by atoms with Crippen LogP contribution in [0.5, 0.6) is 0 Å². The number of aromatic nitrogens is 4. The summed E-state index contributed by atoms with van der Waals surface area (Å²) in [5, 5.41) is 5.30. The summed E-state index contributed by atoms with van der Waals surface area (Å²) in [6.07, 6.45) is 4.46. The third-order valence-corrected chi connectivity index (χ3v) is 4.05. The molecule has 0 aromatic carbocycles. The average Bonchev–Trinajstić information content (AvgIpc) is 2.93. The molecule has 6 heteroatoms. The number of hydrogen-bond donors (Lipinski definition) is 1. The molecule has 0 amide bonds. The fourth-order valence-corrected chi connectivity index (χ4v) is 2.76. The van der Waals surface area contributed by atoms with Crippen molar-refractivity contribution in [1.82, 2.24) is 19.7 Å². The smallest absolute Gasteiger partial charge is 0.165 e. The predicted molar refractivity (Wildman–Crippen MR) is 73.1 cm³/mol. The molecule has 0 aliphatic heterocycles. The van der Waals surface area contributed by atoms with Gasteiger partial charge in [0.25, 0.3) is 0 Å². The first-order valence-corrected chi connectivity index (χ1v) is 6.56. The number of aryl methyl sites for hydroxylation is 2. The molecule has 3 rings (SSSR count). The molecule has 2 N–H and O–H groups in total. The molecule has 3 aromatic rings. The Labute approximate surface area is 108 Å². The lowest BCUT2D eigenvalue weighted by Crippen LogP contribution is -2.00. The number of thiophene rings is 1. The summed E-state index contributed by atoms with van der Waals surface area (Å²) in [6, 6.07) is 2.13. The maximum atomic E-state index is 5.78. The van der Waals surface area contributed by atoms with Crippen LogP contribution in [0.3, 0.4) is 0 Å². The summed E-state index contributed by atoms with van der Waals surface area (Å²) < 4.78 is 1.72. The van der Waals surface area contributed by atoms with E-state index in [9.17, 15) is 0 Å². The van der Waals surface area contributed by atoms with Gasteiger partial charge in [0.2, 0.25) is 0 Å². The van der Waals surface area contributed by atoms with Gasteiger partial charge in [-0.1, -0.05) is 6.92 Å². The van der Waals surface area contributed by atoms with Crippen LogP contribution in [-0.2, 0) is 6.42 Å². The Kier molecular flexibility index (Phi) is 2.52. The lowest BCUT2D eigenvalue weighted by molar-refractivity contribution is 0.856. The van der Waals surface area contributed by atoms with Gasteiger partial charge in [-0.05, 0) is 19.4 Å². The highest BCUT2D eigenvalue weighted by atomic mass is 32.1. The van der Waals surface area contributed by atoms with E-state index in [0.29, 0.717) is 5.82 Å². The van der Waals surface area contributed by atoms with Gasteiger partial charge in [0.1, 0.15) is 17.0 Å². The molecule has 0 fully saturated rings. The van der Waals surface area contributed by atoms with Crippen LogP contribution in [0.2, 0.25) is 0 Å². The molecular weight excluding hydrogens is 246 g/mol. The maximum Gasteiger partial charge on any atom is 0.165 e. The van der Waals surface area contributed by atoms with Crippen molar-refractivity contribution in [1.29, 1.82) is 0 Å². The number of fused-ring (bicyclic) bond motifs is 1. The van der Waals surface area contributed by atoms with Crippen molar-refractivity contribution in [3.05, 3.63) is 29.0 Å². The summed E-state index contributed by atoms with van der Waals surface area (Å²) in [5.41, 5.74) is 6.73. The van der Waals surface area contributed by atoms with E-state index in [1.165, 1.54) is 4.88 Å². The van der Waals surface area contributed by atoms with Gasteiger partial charge in [-0.2, -0.15) is 0 Å². The molecule has 0 saturated heterocycles. The minimum Gasteiger partial charge on any atom is -0.382 e. The van der Waals surface area contributed by atoms with Crippen molar-refractivity contribution in [3.8, 4) is 5.82 Å². The van der Waals surface area contributed by atoms with Crippen molar-refractivity contribution in [2.45, 2.75) is 20.3 Å². The van der Waals surface area contributed by atoms with E-state index in [1.807, 2.05) is 13.1 Å². The van der Waals surface area contributed by atoms with Gasteiger partial charge >= 0.3 is 0 Å². The minimum absolute atomic E-state index is 0.535. The number of nitrogens with two attached hydrogens (primary N) is 1. The Morgan fingerprint density at radius 2 is 2.22 bits per heavy atom. The first-order chi connectivity index (χ1) is 8.69. The summed E-state index contributed by atoms with van der Waals surface area (Å²) in [7, 11) is 0. The van der Waals surface area contributed by atoms with Crippen molar-refractivity contribution in [2.75, 3.05) is 5.73 Å². The van der Waals surface area contributed by atoms with Gasteiger partial charge in [0.05, 0.1) is 5.39 Å². The van der Waals surface area contributed by atoms with Crippen molar-refractivity contribution >= 4 is 27.4 Å². The highest BCUT2D eigenvalue weighted by Gasteiger charge is 2.11. The molecule has 18 heavy (non-hydrogen) atoms. The molecule has 0 spiro atoms. The van der Waals surface area contributed by atoms with Crippen molar-refractivity contribution in [3.63, 3.8) is 0 Å². The number of rotatable bonds is 2.